The Labute approximate surface area is 115 Å². The van der Waals surface area contributed by atoms with Gasteiger partial charge in [-0.25, -0.2) is 0 Å². The van der Waals surface area contributed by atoms with Crippen LogP contribution in [0.2, 0.25) is 0 Å². The van der Waals surface area contributed by atoms with Crippen molar-refractivity contribution in [3.05, 3.63) is 0 Å². The Morgan fingerprint density at radius 3 is 2.84 bits per heavy atom. The monoisotopic (exact) mass is 267 g/mol. The molecule has 1 saturated heterocycles. The van der Waals surface area contributed by atoms with Crippen LogP contribution in [-0.2, 0) is 9.59 Å². The van der Waals surface area contributed by atoms with E-state index in [9.17, 15) is 9.59 Å². The van der Waals surface area contributed by atoms with Crippen LogP contribution in [0.5, 0.6) is 0 Å². The number of nitrogens with zero attached hydrogens (tertiary/aromatic N) is 1. The second-order valence-electron chi connectivity index (χ2n) is 6.34. The minimum Gasteiger partial charge on any atom is -0.481 e. The van der Waals surface area contributed by atoms with Gasteiger partial charge in [0.25, 0.3) is 0 Å². The van der Waals surface area contributed by atoms with Gasteiger partial charge < -0.3 is 10.0 Å². The lowest BCUT2D eigenvalue weighted by atomic mass is 9.80. The maximum Gasteiger partial charge on any atom is 0.308 e. The second-order valence-corrected chi connectivity index (χ2v) is 6.34. The third kappa shape index (κ3) is 3.95. The van der Waals surface area contributed by atoms with Crippen LogP contribution in [0, 0.1) is 17.8 Å². The van der Waals surface area contributed by atoms with Crippen LogP contribution in [0.15, 0.2) is 0 Å². The molecule has 2 aliphatic rings. The van der Waals surface area contributed by atoms with Gasteiger partial charge in [-0.3, -0.25) is 9.59 Å². The van der Waals surface area contributed by atoms with E-state index in [1.165, 1.54) is 25.7 Å². The molecule has 0 radical (unpaired) electrons. The predicted octanol–water partition coefficient (Wildman–Crippen LogP) is 2.53. The summed E-state index contributed by atoms with van der Waals surface area (Å²) in [6.07, 6.45) is 7.13. The van der Waals surface area contributed by atoms with Gasteiger partial charge in [0, 0.05) is 19.5 Å². The van der Waals surface area contributed by atoms with Gasteiger partial charge in [-0.05, 0) is 31.1 Å². The number of hydrogen-bond acceptors (Lipinski definition) is 2. The summed E-state index contributed by atoms with van der Waals surface area (Å²) in [5, 5.41) is 9.06. The number of carboxylic acids is 1. The normalized spacial score (nSPS) is 32.4. The molecular formula is C15H25NO3. The van der Waals surface area contributed by atoms with Gasteiger partial charge in [-0.15, -0.1) is 0 Å². The van der Waals surface area contributed by atoms with E-state index in [2.05, 4.69) is 6.92 Å². The number of amides is 1. The van der Waals surface area contributed by atoms with Crippen molar-refractivity contribution in [1.82, 2.24) is 4.90 Å². The summed E-state index contributed by atoms with van der Waals surface area (Å²) in [4.78, 5) is 24.6. The Kier molecular flexibility index (Phi) is 4.83. The molecule has 1 N–H and O–H groups in total. The number of hydrogen-bond donors (Lipinski definition) is 1. The van der Waals surface area contributed by atoms with Crippen molar-refractivity contribution in [2.75, 3.05) is 13.1 Å². The molecule has 1 saturated carbocycles. The number of piperidine rings is 1. The molecule has 1 aliphatic carbocycles. The first-order valence-corrected chi connectivity index (χ1v) is 7.57. The van der Waals surface area contributed by atoms with Crippen LogP contribution in [0.1, 0.15) is 51.9 Å². The maximum atomic E-state index is 11.8. The first-order chi connectivity index (χ1) is 9.06. The highest BCUT2D eigenvalue weighted by atomic mass is 16.4. The van der Waals surface area contributed by atoms with Crippen LogP contribution in [0.4, 0.5) is 0 Å². The van der Waals surface area contributed by atoms with E-state index in [-0.39, 0.29) is 11.8 Å². The van der Waals surface area contributed by atoms with E-state index in [1.807, 2.05) is 0 Å². The van der Waals surface area contributed by atoms with Crippen molar-refractivity contribution in [3.8, 4) is 0 Å². The lowest BCUT2D eigenvalue weighted by molar-refractivity contribution is -0.147. The van der Waals surface area contributed by atoms with Gasteiger partial charge in [-0.2, -0.15) is 0 Å². The van der Waals surface area contributed by atoms with Gasteiger partial charge in [-0.1, -0.05) is 26.2 Å². The van der Waals surface area contributed by atoms with E-state index < -0.39 is 5.97 Å². The molecule has 2 rings (SSSR count). The largest absolute Gasteiger partial charge is 0.481 e. The average Bonchev–Trinajstić information content (AvgIpc) is 2.37. The number of rotatable bonds is 4. The molecule has 4 heteroatoms. The molecule has 0 aromatic carbocycles. The molecule has 1 heterocycles. The summed E-state index contributed by atoms with van der Waals surface area (Å²) in [6, 6.07) is 0. The zero-order chi connectivity index (χ0) is 13.8. The van der Waals surface area contributed by atoms with E-state index >= 15 is 0 Å². The molecule has 3 atom stereocenters. The summed E-state index contributed by atoms with van der Waals surface area (Å²) in [6.45, 7) is 3.47. The Balaban J connectivity index is 1.80. The minimum absolute atomic E-state index is 0.140. The number of aliphatic carboxylic acids is 1. The molecule has 0 bridgehead atoms. The van der Waals surface area contributed by atoms with Gasteiger partial charge in [0.05, 0.1) is 5.92 Å². The van der Waals surface area contributed by atoms with Gasteiger partial charge >= 0.3 is 5.97 Å². The zero-order valence-corrected chi connectivity index (χ0v) is 11.8. The Hall–Kier alpha value is -1.06. The molecule has 19 heavy (non-hydrogen) atoms. The molecule has 0 spiro atoms. The van der Waals surface area contributed by atoms with Crippen LogP contribution in [-0.4, -0.2) is 35.0 Å². The van der Waals surface area contributed by atoms with Crippen molar-refractivity contribution in [2.45, 2.75) is 51.9 Å². The Morgan fingerprint density at radius 1 is 1.37 bits per heavy atom. The number of carbonyl (C=O) groups excluding carboxylic acids is 1. The summed E-state index contributed by atoms with van der Waals surface area (Å²) < 4.78 is 0. The highest BCUT2D eigenvalue weighted by Gasteiger charge is 2.30. The predicted molar refractivity (Wildman–Crippen MR) is 72.7 cm³/mol. The summed E-state index contributed by atoms with van der Waals surface area (Å²) >= 11 is 0. The van der Waals surface area contributed by atoms with Crippen LogP contribution in [0.3, 0.4) is 0 Å². The fourth-order valence-corrected chi connectivity index (χ4v) is 3.49. The van der Waals surface area contributed by atoms with E-state index in [4.69, 9.17) is 5.11 Å². The third-order valence-corrected chi connectivity index (χ3v) is 4.70. The van der Waals surface area contributed by atoms with Crippen molar-refractivity contribution in [1.29, 1.82) is 0 Å². The van der Waals surface area contributed by atoms with Crippen molar-refractivity contribution in [2.24, 2.45) is 17.8 Å². The topological polar surface area (TPSA) is 57.6 Å². The van der Waals surface area contributed by atoms with Gasteiger partial charge in [0.1, 0.15) is 0 Å². The molecule has 1 amide bonds. The quantitative estimate of drug-likeness (QED) is 0.851. The summed E-state index contributed by atoms with van der Waals surface area (Å²) in [7, 11) is 0. The Bertz CT molecular complexity index is 342. The smallest absolute Gasteiger partial charge is 0.308 e. The molecule has 0 aromatic rings. The Morgan fingerprint density at radius 2 is 2.16 bits per heavy atom. The lowest BCUT2D eigenvalue weighted by Gasteiger charge is -2.33. The average molecular weight is 267 g/mol. The third-order valence-electron chi connectivity index (χ3n) is 4.70. The van der Waals surface area contributed by atoms with E-state index in [1.54, 1.807) is 4.90 Å². The molecule has 108 valence electrons. The highest BCUT2D eigenvalue weighted by molar-refractivity contribution is 5.80. The summed E-state index contributed by atoms with van der Waals surface area (Å²) in [5.41, 5.74) is 0. The van der Waals surface area contributed by atoms with Crippen LogP contribution in [0.25, 0.3) is 0 Å². The van der Waals surface area contributed by atoms with Crippen molar-refractivity contribution in [3.63, 3.8) is 0 Å². The first-order valence-electron chi connectivity index (χ1n) is 7.57. The van der Waals surface area contributed by atoms with Crippen LogP contribution >= 0.6 is 0 Å². The highest BCUT2D eigenvalue weighted by Crippen LogP contribution is 2.31. The van der Waals surface area contributed by atoms with Gasteiger partial charge in [0.2, 0.25) is 5.91 Å². The fraction of sp³-hybridized carbons (Fsp3) is 0.867. The van der Waals surface area contributed by atoms with Crippen molar-refractivity contribution < 1.29 is 14.7 Å². The molecular weight excluding hydrogens is 242 g/mol. The minimum atomic E-state index is -0.760. The molecule has 2 fully saturated rings. The van der Waals surface area contributed by atoms with Crippen molar-refractivity contribution >= 4 is 11.9 Å². The number of carboxylic acid groups (broad SMARTS) is 1. The molecule has 4 nitrogen and oxygen atoms in total. The molecule has 1 aliphatic heterocycles. The van der Waals surface area contributed by atoms with Gasteiger partial charge in [0.15, 0.2) is 0 Å². The van der Waals surface area contributed by atoms with Crippen LogP contribution < -0.4 is 0 Å². The number of carbonyl (C=O) groups is 2. The zero-order valence-electron chi connectivity index (χ0n) is 11.8. The standard InChI is InChI=1S/C15H25NO3/c1-11-3-2-4-12(9-11)7-8-16-10-13(15(18)19)5-6-14(16)17/h11-13H,2-10H2,1H3,(H,18,19). The van der Waals surface area contributed by atoms with E-state index in [0.29, 0.717) is 19.4 Å². The van der Waals surface area contributed by atoms with E-state index in [0.717, 1.165) is 24.8 Å². The first kappa shape index (κ1) is 14.4. The maximum absolute atomic E-state index is 11.8. The SMILES string of the molecule is CC1CCCC(CCN2CC(C(=O)O)CCC2=O)C1. The fourth-order valence-electron chi connectivity index (χ4n) is 3.49. The molecule has 3 unspecified atom stereocenters. The second kappa shape index (κ2) is 6.40. The lowest BCUT2D eigenvalue weighted by Crippen LogP contribution is -2.43. The number of likely N-dealkylation sites (tertiary alicyclic amines) is 1. The summed E-state index contributed by atoms with van der Waals surface area (Å²) in [5.74, 6) is 0.553. The molecule has 0 aromatic heterocycles.